The third-order valence-electron chi connectivity index (χ3n) is 5.10. The molecular weight excluding hydrogens is 426 g/mol. The Morgan fingerprint density at radius 2 is 2.00 bits per heavy atom. The number of hydrogen-bond acceptors (Lipinski definition) is 4. The molecule has 1 aromatic carbocycles. The second-order valence-electron chi connectivity index (χ2n) is 8.22. The van der Waals surface area contributed by atoms with Gasteiger partial charge in [-0.15, -0.1) is 0 Å². The van der Waals surface area contributed by atoms with E-state index in [0.29, 0.717) is 21.1 Å². The Balaban J connectivity index is 2.04. The number of nitrogens with zero attached hydrogens (tertiary/aromatic N) is 2. The van der Waals surface area contributed by atoms with Crippen LogP contribution in [0, 0.1) is 16.4 Å². The molecule has 4 bridgehead atoms. The summed E-state index contributed by atoms with van der Waals surface area (Å²) in [7, 11) is 0. The minimum Gasteiger partial charge on any atom is -0.389 e. The first kappa shape index (κ1) is 21.1. The molecule has 2 N–H and O–H groups in total. The Labute approximate surface area is 173 Å². The van der Waals surface area contributed by atoms with Gasteiger partial charge in [0.2, 0.25) is 0 Å². The number of imidazole rings is 1. The molecule has 0 saturated heterocycles. The van der Waals surface area contributed by atoms with Crippen molar-refractivity contribution >= 4 is 22.5 Å². The fraction of sp³-hybridized carbons (Fsp3) is 0.450. The average molecular weight is 446 g/mol. The molecule has 1 aliphatic carbocycles. The number of fused-ring (bicyclic) bond motifs is 1. The van der Waals surface area contributed by atoms with E-state index in [9.17, 15) is 22.7 Å². The van der Waals surface area contributed by atoms with Crippen LogP contribution in [0.4, 0.5) is 17.6 Å². The van der Waals surface area contributed by atoms with Crippen LogP contribution >= 0.6 is 11.6 Å². The average Bonchev–Trinajstić information content (AvgIpc) is 2.94. The van der Waals surface area contributed by atoms with Crippen molar-refractivity contribution < 1.29 is 27.4 Å². The number of aromatic nitrogens is 2. The molecule has 1 atom stereocenters. The fourth-order valence-electron chi connectivity index (χ4n) is 4.02. The molecule has 2 aliphatic rings. The maximum absolute atomic E-state index is 14.1. The standard InChI is InChI=1S/C20H20ClF4N3O2/c1-9-11-4-10(22)5-12-14(11)17-16(18(21)27-15(9)12)26-13(6-30-8-20(23,24)25)28(17)7-19(2,3)29/h4-5,9,27,29H,6-8H2,1-3H3/t9-/m1/s1. The first-order chi connectivity index (χ1) is 13.9. The highest BCUT2D eigenvalue weighted by Gasteiger charge is 2.30. The van der Waals surface area contributed by atoms with Crippen molar-refractivity contribution in [3.05, 3.63) is 50.5 Å². The number of alkyl halides is 3. The molecule has 0 radical (unpaired) electrons. The highest BCUT2D eigenvalue weighted by Crippen LogP contribution is 2.31. The summed E-state index contributed by atoms with van der Waals surface area (Å²) in [5, 5.41) is 15.9. The molecule has 1 aromatic heterocycles. The van der Waals surface area contributed by atoms with Crippen LogP contribution in [0.5, 0.6) is 0 Å². The molecule has 30 heavy (non-hydrogen) atoms. The number of aliphatic hydroxyl groups is 1. The van der Waals surface area contributed by atoms with Crippen molar-refractivity contribution in [3.63, 3.8) is 0 Å². The summed E-state index contributed by atoms with van der Waals surface area (Å²) in [4.78, 5) is 4.42. The summed E-state index contributed by atoms with van der Waals surface area (Å²) in [6.07, 6.45) is -4.48. The molecule has 162 valence electrons. The third-order valence-corrected chi connectivity index (χ3v) is 5.37. The Kier molecular flexibility index (Phi) is 4.91. The first-order valence-corrected chi connectivity index (χ1v) is 9.70. The number of nitrogens with one attached hydrogen (secondary N) is 1. The van der Waals surface area contributed by atoms with E-state index in [-0.39, 0.29) is 23.4 Å². The number of hydrogen-bond donors (Lipinski definition) is 2. The zero-order valence-electron chi connectivity index (χ0n) is 16.5. The highest BCUT2D eigenvalue weighted by atomic mass is 35.5. The van der Waals surface area contributed by atoms with Crippen molar-refractivity contribution in [2.45, 2.75) is 51.6 Å². The van der Waals surface area contributed by atoms with Crippen LogP contribution in [0.1, 0.15) is 38.1 Å². The molecule has 0 unspecified atom stereocenters. The minimum absolute atomic E-state index is 0.0319. The van der Waals surface area contributed by atoms with Crippen LogP contribution in [0.15, 0.2) is 12.1 Å². The van der Waals surface area contributed by atoms with Crippen molar-refractivity contribution in [2.24, 2.45) is 0 Å². The smallest absolute Gasteiger partial charge is 0.389 e. The maximum atomic E-state index is 14.1. The Morgan fingerprint density at radius 1 is 1.30 bits per heavy atom. The molecule has 0 fully saturated rings. The van der Waals surface area contributed by atoms with Crippen molar-refractivity contribution in [3.8, 4) is 0 Å². The fourth-order valence-corrected chi connectivity index (χ4v) is 4.25. The number of halogens is 5. The third kappa shape index (κ3) is 3.70. The van der Waals surface area contributed by atoms with Crippen LogP contribution < -0.4 is 15.9 Å². The summed E-state index contributed by atoms with van der Waals surface area (Å²) in [6, 6.07) is 2.83. The van der Waals surface area contributed by atoms with Gasteiger partial charge >= 0.3 is 6.18 Å². The van der Waals surface area contributed by atoms with Gasteiger partial charge in [-0.25, -0.2) is 9.37 Å². The molecule has 10 heteroatoms. The summed E-state index contributed by atoms with van der Waals surface area (Å²) in [5.41, 5.74) is 0.251. The van der Waals surface area contributed by atoms with E-state index >= 15 is 0 Å². The van der Waals surface area contributed by atoms with Gasteiger partial charge in [0.25, 0.3) is 0 Å². The van der Waals surface area contributed by atoms with E-state index in [4.69, 9.17) is 16.3 Å². The predicted molar refractivity (Wildman–Crippen MR) is 102 cm³/mol. The van der Waals surface area contributed by atoms with Crippen LogP contribution in [-0.2, 0) is 17.9 Å². The Morgan fingerprint density at radius 3 is 2.63 bits per heavy atom. The van der Waals surface area contributed by atoms with E-state index in [2.05, 4.69) is 10.3 Å². The van der Waals surface area contributed by atoms with Gasteiger partial charge < -0.3 is 19.7 Å². The van der Waals surface area contributed by atoms with E-state index in [0.717, 1.165) is 11.3 Å². The maximum Gasteiger partial charge on any atom is 0.411 e. The van der Waals surface area contributed by atoms with Crippen LogP contribution in [0.2, 0.25) is 0 Å². The zero-order valence-corrected chi connectivity index (χ0v) is 17.2. The van der Waals surface area contributed by atoms with Gasteiger partial charge in [0.05, 0.1) is 17.5 Å². The van der Waals surface area contributed by atoms with Crippen molar-refractivity contribution in [2.75, 3.05) is 6.61 Å². The minimum atomic E-state index is -4.48. The molecule has 2 heterocycles. The van der Waals surface area contributed by atoms with Crippen LogP contribution in [0.3, 0.4) is 0 Å². The lowest BCUT2D eigenvalue weighted by Gasteiger charge is -2.20. The van der Waals surface area contributed by atoms with Crippen LogP contribution in [0.25, 0.3) is 10.9 Å². The molecule has 0 amide bonds. The van der Waals surface area contributed by atoms with Gasteiger partial charge in [0, 0.05) is 22.1 Å². The number of rotatable bonds is 5. The normalized spacial score (nSPS) is 17.8. The first-order valence-electron chi connectivity index (χ1n) is 9.33. The summed E-state index contributed by atoms with van der Waals surface area (Å²) in [5.74, 6) is -0.364. The Bertz CT molecular complexity index is 1250. The van der Waals surface area contributed by atoms with E-state index in [1.807, 2.05) is 6.92 Å². The quantitative estimate of drug-likeness (QED) is 0.548. The lowest BCUT2D eigenvalue weighted by atomic mass is 10.0. The lowest BCUT2D eigenvalue weighted by Crippen LogP contribution is -2.28. The lowest BCUT2D eigenvalue weighted by molar-refractivity contribution is -0.177. The largest absolute Gasteiger partial charge is 0.411 e. The molecule has 1 aliphatic heterocycles. The topological polar surface area (TPSA) is 59.3 Å². The van der Waals surface area contributed by atoms with Gasteiger partial charge in [-0.05, 0) is 31.5 Å². The van der Waals surface area contributed by atoms with Gasteiger partial charge in [-0.1, -0.05) is 18.5 Å². The highest BCUT2D eigenvalue weighted by molar-refractivity contribution is 6.45. The van der Waals surface area contributed by atoms with Gasteiger partial charge in [0.15, 0.2) is 0 Å². The van der Waals surface area contributed by atoms with Gasteiger partial charge in [-0.3, -0.25) is 0 Å². The number of ether oxygens (including phenoxy) is 1. The van der Waals surface area contributed by atoms with Crippen LogP contribution in [-0.4, -0.2) is 33.0 Å². The van der Waals surface area contributed by atoms with E-state index < -0.39 is 30.8 Å². The second-order valence-corrected chi connectivity index (χ2v) is 8.60. The van der Waals surface area contributed by atoms with E-state index in [1.54, 1.807) is 18.4 Å². The summed E-state index contributed by atoms with van der Waals surface area (Å²) in [6.45, 7) is 3.24. The number of benzene rings is 1. The Hall–Kier alpha value is -2.10. The predicted octanol–water partition coefficient (Wildman–Crippen LogP) is 2.29. The molecule has 5 nitrogen and oxygen atoms in total. The second kappa shape index (κ2) is 6.96. The van der Waals surface area contributed by atoms with Crippen molar-refractivity contribution in [1.82, 2.24) is 14.9 Å². The summed E-state index contributed by atoms with van der Waals surface area (Å²) >= 11 is 6.47. The summed E-state index contributed by atoms with van der Waals surface area (Å²) < 4.78 is 58.2. The van der Waals surface area contributed by atoms with Gasteiger partial charge in [-0.2, -0.15) is 13.2 Å². The van der Waals surface area contributed by atoms with E-state index in [1.165, 1.54) is 12.1 Å². The molecule has 2 aromatic rings. The monoisotopic (exact) mass is 445 g/mol. The molecule has 0 saturated carbocycles. The molecule has 4 rings (SSSR count). The van der Waals surface area contributed by atoms with Crippen molar-refractivity contribution in [1.29, 1.82) is 0 Å². The molecule has 0 spiro atoms. The van der Waals surface area contributed by atoms with Gasteiger partial charge in [0.1, 0.15) is 35.4 Å². The zero-order chi connectivity index (χ0) is 22.0. The molecular formula is C20H20ClF4N3O2. The SMILES string of the molecule is C[C@H]1C2=c3cc(F)cc1c3=c1c(nc(COCC(F)(F)F)n1CC(C)(C)O)=C(Cl)N2.